The number of nitrogens with zero attached hydrogens (tertiary/aromatic N) is 1. The fourth-order valence-electron chi connectivity index (χ4n) is 2.21. The highest BCUT2D eigenvalue weighted by molar-refractivity contribution is 7.91. The van der Waals surface area contributed by atoms with Crippen molar-refractivity contribution in [2.24, 2.45) is 0 Å². The Balaban J connectivity index is 2.36. The highest BCUT2D eigenvalue weighted by atomic mass is 32.2. The normalized spacial score (nSPS) is 20.6. The van der Waals surface area contributed by atoms with Gasteiger partial charge in [0.2, 0.25) is 15.9 Å². The SMILES string of the molecule is CCS(=O)(=O)c1ccc(S(=O)(=O)N2CCNC(=O)C2C)cc1. The van der Waals surface area contributed by atoms with Gasteiger partial charge in [0, 0.05) is 13.1 Å². The van der Waals surface area contributed by atoms with E-state index in [4.69, 9.17) is 0 Å². The van der Waals surface area contributed by atoms with Gasteiger partial charge in [-0.3, -0.25) is 4.79 Å². The van der Waals surface area contributed by atoms with E-state index in [-0.39, 0.29) is 34.5 Å². The first-order valence-corrected chi connectivity index (χ1v) is 9.92. The maximum absolute atomic E-state index is 12.6. The summed E-state index contributed by atoms with van der Waals surface area (Å²) in [6, 6.07) is 4.28. The van der Waals surface area contributed by atoms with E-state index in [0.29, 0.717) is 0 Å². The van der Waals surface area contributed by atoms with Crippen LogP contribution in [0.25, 0.3) is 0 Å². The first-order chi connectivity index (χ1) is 10.2. The average Bonchev–Trinajstić information content (AvgIpc) is 2.50. The lowest BCUT2D eigenvalue weighted by Gasteiger charge is -2.31. The van der Waals surface area contributed by atoms with E-state index in [0.717, 1.165) is 4.31 Å². The Bertz CT molecular complexity index is 769. The monoisotopic (exact) mass is 346 g/mol. The number of sulfone groups is 1. The van der Waals surface area contributed by atoms with Gasteiger partial charge in [-0.15, -0.1) is 0 Å². The van der Waals surface area contributed by atoms with Crippen molar-refractivity contribution in [1.29, 1.82) is 0 Å². The quantitative estimate of drug-likeness (QED) is 0.826. The van der Waals surface area contributed by atoms with Gasteiger partial charge >= 0.3 is 0 Å². The molecule has 1 aliphatic rings. The van der Waals surface area contributed by atoms with Crippen molar-refractivity contribution >= 4 is 25.8 Å². The van der Waals surface area contributed by atoms with Crippen LogP contribution in [0, 0.1) is 0 Å². The van der Waals surface area contributed by atoms with Crippen molar-refractivity contribution in [3.8, 4) is 0 Å². The van der Waals surface area contributed by atoms with Crippen molar-refractivity contribution in [2.75, 3.05) is 18.8 Å². The van der Waals surface area contributed by atoms with E-state index in [1.807, 2.05) is 0 Å². The molecule has 1 saturated heterocycles. The predicted molar refractivity (Wildman–Crippen MR) is 80.5 cm³/mol. The molecule has 0 bridgehead atoms. The lowest BCUT2D eigenvalue weighted by Crippen LogP contribution is -2.55. The maximum Gasteiger partial charge on any atom is 0.243 e. The van der Waals surface area contributed by atoms with E-state index in [2.05, 4.69) is 5.32 Å². The summed E-state index contributed by atoms with van der Waals surface area (Å²) in [5.74, 6) is -0.400. The van der Waals surface area contributed by atoms with Crippen molar-refractivity contribution < 1.29 is 21.6 Å². The van der Waals surface area contributed by atoms with Crippen molar-refractivity contribution in [1.82, 2.24) is 9.62 Å². The highest BCUT2D eigenvalue weighted by Crippen LogP contribution is 2.21. The zero-order valence-corrected chi connectivity index (χ0v) is 13.9. The van der Waals surface area contributed by atoms with Gasteiger partial charge in [0.25, 0.3) is 0 Å². The molecule has 0 aromatic heterocycles. The second-order valence-corrected chi connectivity index (χ2v) is 9.13. The van der Waals surface area contributed by atoms with Gasteiger partial charge in [0.05, 0.1) is 15.5 Å². The Morgan fingerprint density at radius 3 is 2.23 bits per heavy atom. The number of carbonyl (C=O) groups excluding carboxylic acids is 1. The van der Waals surface area contributed by atoms with Crippen LogP contribution in [0.3, 0.4) is 0 Å². The number of carbonyl (C=O) groups is 1. The number of amides is 1. The van der Waals surface area contributed by atoms with E-state index in [9.17, 15) is 21.6 Å². The molecular weight excluding hydrogens is 328 g/mol. The topological polar surface area (TPSA) is 101 Å². The minimum Gasteiger partial charge on any atom is -0.353 e. The van der Waals surface area contributed by atoms with Crippen LogP contribution in [-0.4, -0.2) is 51.9 Å². The van der Waals surface area contributed by atoms with Crippen molar-refractivity contribution in [3.05, 3.63) is 24.3 Å². The molecule has 1 aromatic carbocycles. The van der Waals surface area contributed by atoms with E-state index in [1.54, 1.807) is 0 Å². The summed E-state index contributed by atoms with van der Waals surface area (Å²) in [6.45, 7) is 3.48. The predicted octanol–water partition coefficient (Wildman–Crippen LogP) is -0.0108. The van der Waals surface area contributed by atoms with Gasteiger partial charge in [0.1, 0.15) is 6.04 Å². The molecule has 122 valence electrons. The molecule has 1 aliphatic heterocycles. The number of sulfonamides is 1. The molecule has 0 aliphatic carbocycles. The van der Waals surface area contributed by atoms with Crippen LogP contribution < -0.4 is 5.32 Å². The molecule has 0 saturated carbocycles. The number of piperazine rings is 1. The lowest BCUT2D eigenvalue weighted by molar-refractivity contribution is -0.126. The molecule has 22 heavy (non-hydrogen) atoms. The van der Waals surface area contributed by atoms with Crippen LogP contribution >= 0.6 is 0 Å². The largest absolute Gasteiger partial charge is 0.353 e. The molecule has 1 atom stereocenters. The minimum atomic E-state index is -3.84. The summed E-state index contributed by atoms with van der Waals surface area (Å²) in [4.78, 5) is 11.7. The number of rotatable bonds is 4. The smallest absolute Gasteiger partial charge is 0.243 e. The van der Waals surface area contributed by atoms with Crippen LogP contribution in [0.5, 0.6) is 0 Å². The second kappa shape index (κ2) is 5.98. The fourth-order valence-corrected chi connectivity index (χ4v) is 4.69. The van der Waals surface area contributed by atoms with Crippen LogP contribution in [-0.2, 0) is 24.7 Å². The van der Waals surface area contributed by atoms with Gasteiger partial charge in [-0.1, -0.05) is 6.92 Å². The van der Waals surface area contributed by atoms with E-state index < -0.39 is 25.9 Å². The Morgan fingerprint density at radius 2 is 1.68 bits per heavy atom. The third kappa shape index (κ3) is 3.01. The molecule has 7 nitrogen and oxygen atoms in total. The maximum atomic E-state index is 12.6. The first-order valence-electron chi connectivity index (χ1n) is 6.82. The third-order valence-electron chi connectivity index (χ3n) is 3.61. The fraction of sp³-hybridized carbons (Fsp3) is 0.462. The zero-order chi connectivity index (χ0) is 16.5. The van der Waals surface area contributed by atoms with Gasteiger partial charge < -0.3 is 5.32 Å². The Morgan fingerprint density at radius 1 is 1.14 bits per heavy atom. The van der Waals surface area contributed by atoms with Gasteiger partial charge in [-0.25, -0.2) is 16.8 Å². The summed E-state index contributed by atoms with van der Waals surface area (Å²) in [5, 5.41) is 2.60. The number of nitrogens with one attached hydrogen (secondary N) is 1. The summed E-state index contributed by atoms with van der Waals surface area (Å²) in [6.07, 6.45) is 0. The summed E-state index contributed by atoms with van der Waals surface area (Å²) < 4.78 is 49.8. The lowest BCUT2D eigenvalue weighted by atomic mass is 10.2. The average molecular weight is 346 g/mol. The number of hydrogen-bond acceptors (Lipinski definition) is 5. The Hall–Kier alpha value is -1.45. The second-order valence-electron chi connectivity index (χ2n) is 4.96. The molecule has 0 spiro atoms. The molecule has 2 rings (SSSR count). The molecule has 1 unspecified atom stereocenters. The van der Waals surface area contributed by atoms with Gasteiger partial charge in [-0.2, -0.15) is 4.31 Å². The van der Waals surface area contributed by atoms with E-state index in [1.165, 1.54) is 38.1 Å². The standard InChI is InChI=1S/C13H18N2O5S2/c1-3-21(17,18)11-4-6-12(7-5-11)22(19,20)15-9-8-14-13(16)10(15)2/h4-7,10H,3,8-9H2,1-2H3,(H,14,16). The van der Waals surface area contributed by atoms with Crippen LogP contribution in [0.15, 0.2) is 34.1 Å². The third-order valence-corrected chi connectivity index (χ3v) is 7.35. The summed E-state index contributed by atoms with van der Waals surface area (Å²) in [5.41, 5.74) is 0. The first kappa shape index (κ1) is 16.9. The number of hydrogen-bond donors (Lipinski definition) is 1. The van der Waals surface area contributed by atoms with Crippen LogP contribution in [0.2, 0.25) is 0 Å². The van der Waals surface area contributed by atoms with Crippen LogP contribution in [0.4, 0.5) is 0 Å². The molecule has 1 aromatic rings. The zero-order valence-electron chi connectivity index (χ0n) is 12.3. The number of benzene rings is 1. The van der Waals surface area contributed by atoms with E-state index >= 15 is 0 Å². The summed E-state index contributed by atoms with van der Waals surface area (Å²) in [7, 11) is -7.21. The van der Waals surface area contributed by atoms with Gasteiger partial charge in [0.15, 0.2) is 9.84 Å². The highest BCUT2D eigenvalue weighted by Gasteiger charge is 2.35. The van der Waals surface area contributed by atoms with Crippen molar-refractivity contribution in [3.63, 3.8) is 0 Å². The molecular formula is C13H18N2O5S2. The molecule has 1 fully saturated rings. The molecule has 1 N–H and O–H groups in total. The van der Waals surface area contributed by atoms with Crippen LogP contribution in [0.1, 0.15) is 13.8 Å². The molecule has 1 heterocycles. The molecule has 9 heteroatoms. The molecule has 0 radical (unpaired) electrons. The summed E-state index contributed by atoms with van der Waals surface area (Å²) >= 11 is 0. The Kier molecular flexibility index (Phi) is 4.59. The minimum absolute atomic E-state index is 0.0240. The molecule has 1 amide bonds. The Labute approximate surface area is 130 Å². The van der Waals surface area contributed by atoms with Gasteiger partial charge in [-0.05, 0) is 31.2 Å². The van der Waals surface area contributed by atoms with Crippen molar-refractivity contribution in [2.45, 2.75) is 29.7 Å².